The highest BCUT2D eigenvalue weighted by Gasteiger charge is 2.63. The Morgan fingerprint density at radius 2 is 1.79 bits per heavy atom. The fraction of sp³-hybridized carbons (Fsp3) is 0.500. The Morgan fingerprint density at radius 1 is 1.09 bits per heavy atom. The molecular weight excluding hydrogens is 751 g/mol. The number of ether oxygens (including phenoxy) is 3. The van der Waals surface area contributed by atoms with E-state index in [-0.39, 0.29) is 25.3 Å². The number of carbonyl (C=O) groups excluding carboxylic acids is 4. The lowest BCUT2D eigenvalue weighted by Crippen LogP contribution is -2.59. The van der Waals surface area contributed by atoms with Gasteiger partial charge in [-0.1, -0.05) is 56.7 Å². The summed E-state index contributed by atoms with van der Waals surface area (Å²) in [4.78, 5) is 62.1. The van der Waals surface area contributed by atoms with E-state index in [2.05, 4.69) is 21.9 Å². The van der Waals surface area contributed by atoms with Gasteiger partial charge < -0.3 is 29.7 Å². The maximum atomic E-state index is 14.6. The van der Waals surface area contributed by atoms with Crippen LogP contribution in [0.2, 0.25) is 0 Å². The molecule has 3 fully saturated rings. The average molecular weight is 804 g/mol. The van der Waals surface area contributed by atoms with Crippen LogP contribution in [-0.4, -0.2) is 89.8 Å². The van der Waals surface area contributed by atoms with Crippen molar-refractivity contribution >= 4 is 44.7 Å². The molecule has 57 heavy (non-hydrogen) atoms. The zero-order chi connectivity index (χ0) is 41.5. The summed E-state index contributed by atoms with van der Waals surface area (Å²) in [7, 11) is -2.44. The molecule has 2 aromatic carbocycles. The summed E-state index contributed by atoms with van der Waals surface area (Å²) < 4.78 is 45.0. The van der Waals surface area contributed by atoms with E-state index in [0.717, 1.165) is 5.56 Å². The van der Waals surface area contributed by atoms with Gasteiger partial charge in [-0.05, 0) is 65.0 Å². The summed E-state index contributed by atoms with van der Waals surface area (Å²) in [6, 6.07) is 14.6. The lowest BCUT2D eigenvalue weighted by atomic mass is 9.97. The minimum atomic E-state index is -4.01. The lowest BCUT2D eigenvalue weighted by Gasteiger charge is -2.32. The van der Waals surface area contributed by atoms with Gasteiger partial charge in [-0.15, -0.1) is 6.58 Å². The Kier molecular flexibility index (Phi) is 11.4. The average Bonchev–Trinajstić information content (AvgIpc) is 4.06. The van der Waals surface area contributed by atoms with E-state index in [1.165, 1.54) is 11.0 Å². The number of nitrogens with one attached hydrogen (secondary N) is 3. The summed E-state index contributed by atoms with van der Waals surface area (Å²) >= 11 is 0. The van der Waals surface area contributed by atoms with Crippen LogP contribution >= 0.6 is 0 Å². The summed E-state index contributed by atoms with van der Waals surface area (Å²) in [5, 5.41) is 6.24. The number of hydrogen-bond donors (Lipinski definition) is 3. The molecule has 306 valence electrons. The van der Waals surface area contributed by atoms with E-state index in [0.29, 0.717) is 47.4 Å². The third kappa shape index (κ3) is 8.73. The molecule has 6 unspecified atom stereocenters. The Morgan fingerprint density at radius 3 is 2.39 bits per heavy atom. The molecule has 3 aliphatic rings. The van der Waals surface area contributed by atoms with Crippen molar-refractivity contribution in [2.24, 2.45) is 11.8 Å². The Labute approximate surface area is 334 Å². The second kappa shape index (κ2) is 15.6. The normalized spacial score (nSPS) is 23.4. The van der Waals surface area contributed by atoms with Crippen LogP contribution in [0.3, 0.4) is 0 Å². The van der Waals surface area contributed by atoms with E-state index in [4.69, 9.17) is 19.2 Å². The van der Waals surface area contributed by atoms with Crippen molar-refractivity contribution in [2.75, 3.05) is 13.7 Å². The lowest BCUT2D eigenvalue weighted by molar-refractivity contribution is -0.142. The van der Waals surface area contributed by atoms with Crippen LogP contribution < -0.4 is 24.8 Å². The molecule has 0 spiro atoms. The van der Waals surface area contributed by atoms with Crippen molar-refractivity contribution in [3.63, 3.8) is 0 Å². The molecule has 1 aromatic heterocycles. The molecule has 6 rings (SSSR count). The molecule has 2 heterocycles. The summed E-state index contributed by atoms with van der Waals surface area (Å²) in [6.45, 7) is 14.2. The Hall–Kier alpha value is -5.18. The van der Waals surface area contributed by atoms with Crippen molar-refractivity contribution in [3.8, 4) is 22.8 Å². The van der Waals surface area contributed by atoms with Gasteiger partial charge >= 0.3 is 6.09 Å². The number of amides is 4. The number of hydrogen-bond acceptors (Lipinski definition) is 10. The molecule has 3 N–H and O–H groups in total. The highest BCUT2D eigenvalue weighted by molar-refractivity contribution is 7.91. The molecule has 15 heteroatoms. The van der Waals surface area contributed by atoms with Crippen LogP contribution in [0.25, 0.3) is 22.2 Å². The van der Waals surface area contributed by atoms with Crippen LogP contribution in [0.5, 0.6) is 11.5 Å². The van der Waals surface area contributed by atoms with Crippen molar-refractivity contribution in [3.05, 3.63) is 67.3 Å². The van der Waals surface area contributed by atoms with E-state index in [1.807, 2.05) is 56.3 Å². The topological polar surface area (TPSA) is 182 Å². The minimum absolute atomic E-state index is 0.0186. The molecule has 4 amide bonds. The smallest absolute Gasteiger partial charge is 0.408 e. The van der Waals surface area contributed by atoms with Crippen LogP contribution in [-0.2, 0) is 29.1 Å². The highest BCUT2D eigenvalue weighted by Crippen LogP contribution is 2.47. The van der Waals surface area contributed by atoms with E-state index in [9.17, 15) is 27.6 Å². The molecule has 6 atom stereocenters. The van der Waals surface area contributed by atoms with Gasteiger partial charge in [-0.25, -0.2) is 18.2 Å². The first-order chi connectivity index (χ1) is 26.8. The number of benzene rings is 2. The maximum Gasteiger partial charge on any atom is 0.408 e. The number of alkyl carbamates (subject to hydrolysis) is 1. The molecule has 3 aromatic rings. The predicted octanol–water partition coefficient (Wildman–Crippen LogP) is 5.26. The first kappa shape index (κ1) is 41.5. The van der Waals surface area contributed by atoms with Crippen LogP contribution in [0, 0.1) is 11.8 Å². The van der Waals surface area contributed by atoms with Gasteiger partial charge in [-0.3, -0.25) is 19.1 Å². The molecular formula is C42H53N5O9S. The van der Waals surface area contributed by atoms with Crippen molar-refractivity contribution in [2.45, 2.75) is 108 Å². The number of fused-ring (bicyclic) bond motifs is 1. The Bertz CT molecular complexity index is 2170. The summed E-state index contributed by atoms with van der Waals surface area (Å²) in [5.74, 6) is -1.89. The fourth-order valence-corrected chi connectivity index (χ4v) is 8.44. The highest BCUT2D eigenvalue weighted by atomic mass is 32.2. The standard InChI is InChI=1S/C42H53N5O9S/c1-9-25(3)35(44-39(51)56-40(4,5)6)37(49)47-24-29(55-34-22-31(26-14-12-11-13-15-26)43-32-20-28(54-8)16-17-30(32)34)21-33(47)36(48)45-42(23-27(42)10-2)38(50)46-57(52,53)41(7)18-19-41/h10-17,20,22,25,27,29,33,35H,2,9,18-19,21,23-24H2,1,3-8H3,(H,44,51)(H,45,48)(H,46,50). The van der Waals surface area contributed by atoms with E-state index < -0.39 is 73.8 Å². The summed E-state index contributed by atoms with van der Waals surface area (Å²) in [6.07, 6.45) is 1.50. The second-order valence-corrected chi connectivity index (χ2v) is 18.8. The minimum Gasteiger partial charge on any atom is -0.497 e. The number of methoxy groups -OCH3 is 1. The number of aromatic nitrogens is 1. The third-order valence-corrected chi connectivity index (χ3v) is 13.4. The summed E-state index contributed by atoms with van der Waals surface area (Å²) in [5.41, 5.74) is -0.322. The van der Waals surface area contributed by atoms with Gasteiger partial charge in [0.2, 0.25) is 21.8 Å². The zero-order valence-electron chi connectivity index (χ0n) is 33.6. The zero-order valence-corrected chi connectivity index (χ0v) is 34.4. The Balaban J connectivity index is 1.34. The number of nitrogens with zero attached hydrogens (tertiary/aromatic N) is 2. The van der Waals surface area contributed by atoms with Crippen molar-refractivity contribution < 1.29 is 41.8 Å². The van der Waals surface area contributed by atoms with Crippen molar-refractivity contribution in [1.29, 1.82) is 0 Å². The monoisotopic (exact) mass is 803 g/mol. The van der Waals surface area contributed by atoms with E-state index >= 15 is 0 Å². The first-order valence-electron chi connectivity index (χ1n) is 19.4. The van der Waals surface area contributed by atoms with Gasteiger partial charge in [0.1, 0.15) is 40.8 Å². The first-order valence-corrected chi connectivity index (χ1v) is 20.8. The number of carbonyl (C=O) groups is 4. The largest absolute Gasteiger partial charge is 0.497 e. The maximum absolute atomic E-state index is 14.6. The molecule has 1 aliphatic heterocycles. The van der Waals surface area contributed by atoms with Gasteiger partial charge in [0.05, 0.1) is 29.6 Å². The number of sulfonamides is 1. The molecule has 14 nitrogen and oxygen atoms in total. The third-order valence-electron chi connectivity index (χ3n) is 11.2. The number of rotatable bonds is 14. The molecule has 0 bridgehead atoms. The van der Waals surface area contributed by atoms with Crippen molar-refractivity contribution in [1.82, 2.24) is 25.2 Å². The van der Waals surface area contributed by atoms with E-state index in [1.54, 1.807) is 46.9 Å². The fourth-order valence-electron chi connectivity index (χ4n) is 7.13. The molecule has 2 aliphatic carbocycles. The van der Waals surface area contributed by atoms with Gasteiger partial charge in [0.15, 0.2) is 0 Å². The van der Waals surface area contributed by atoms with Crippen LogP contribution in [0.4, 0.5) is 4.79 Å². The predicted molar refractivity (Wildman–Crippen MR) is 215 cm³/mol. The molecule has 0 radical (unpaired) electrons. The van der Waals surface area contributed by atoms with Crippen LogP contribution in [0.15, 0.2) is 67.3 Å². The SMILES string of the molecule is C=CC1CC1(NC(=O)C1CC(Oc2cc(-c3ccccc3)nc3cc(OC)ccc23)CN1C(=O)C(NC(=O)OC(C)(C)C)C(C)CC)C(=O)NS(=O)(=O)C1(C)CC1. The van der Waals surface area contributed by atoms with Gasteiger partial charge in [0, 0.05) is 35.4 Å². The quantitative estimate of drug-likeness (QED) is 0.182. The number of likely N-dealkylation sites (tertiary alicyclic amines) is 1. The molecule has 1 saturated heterocycles. The van der Waals surface area contributed by atoms with Crippen LogP contribution in [0.1, 0.15) is 73.6 Å². The number of pyridine rings is 1. The van der Waals surface area contributed by atoms with Gasteiger partial charge in [0.25, 0.3) is 5.91 Å². The van der Waals surface area contributed by atoms with Gasteiger partial charge in [-0.2, -0.15) is 0 Å². The second-order valence-electron chi connectivity index (χ2n) is 16.6. The molecule has 2 saturated carbocycles.